The van der Waals surface area contributed by atoms with Crippen LogP contribution in [0.4, 0.5) is 0 Å². The van der Waals surface area contributed by atoms with Gasteiger partial charge in [0.1, 0.15) is 5.82 Å². The molecule has 0 amide bonds. The van der Waals surface area contributed by atoms with Gasteiger partial charge in [0.05, 0.1) is 5.88 Å². The molecule has 3 nitrogen and oxygen atoms in total. The van der Waals surface area contributed by atoms with E-state index in [0.717, 1.165) is 23.8 Å². The van der Waals surface area contributed by atoms with E-state index in [4.69, 9.17) is 11.6 Å². The highest BCUT2D eigenvalue weighted by atomic mass is 35.5. The third-order valence-corrected chi connectivity index (χ3v) is 3.36. The lowest BCUT2D eigenvalue weighted by Gasteiger charge is -2.13. The average Bonchev–Trinajstić information content (AvgIpc) is 2.71. The fourth-order valence-corrected chi connectivity index (χ4v) is 2.45. The number of aryl methyl sites for hydroxylation is 2. The molecular weight excluding hydrogens is 258 g/mol. The van der Waals surface area contributed by atoms with E-state index < -0.39 is 0 Å². The Morgan fingerprint density at radius 3 is 2.53 bits per heavy atom. The zero-order valence-corrected chi connectivity index (χ0v) is 12.7. The first-order chi connectivity index (χ1) is 9.02. The zero-order valence-electron chi connectivity index (χ0n) is 11.9. The molecule has 0 unspecified atom stereocenters. The van der Waals surface area contributed by atoms with E-state index in [9.17, 15) is 0 Å². The summed E-state index contributed by atoms with van der Waals surface area (Å²) in [7, 11) is 0. The van der Waals surface area contributed by atoms with Crippen molar-refractivity contribution in [2.75, 3.05) is 0 Å². The molecule has 0 aliphatic rings. The summed E-state index contributed by atoms with van der Waals surface area (Å²) < 4.78 is 2.13. The fraction of sp³-hybridized carbons (Fsp3) is 0.467. The summed E-state index contributed by atoms with van der Waals surface area (Å²) >= 11 is 5.96. The number of aromatic nitrogens is 3. The molecule has 102 valence electrons. The second-order valence-corrected chi connectivity index (χ2v) is 5.66. The van der Waals surface area contributed by atoms with Crippen molar-refractivity contribution in [3.63, 3.8) is 0 Å². The maximum absolute atomic E-state index is 5.96. The third kappa shape index (κ3) is 2.98. The average molecular weight is 278 g/mol. The normalized spacial score (nSPS) is 11.3. The van der Waals surface area contributed by atoms with E-state index in [0.29, 0.717) is 11.8 Å². The summed E-state index contributed by atoms with van der Waals surface area (Å²) in [4.78, 5) is 0. The van der Waals surface area contributed by atoms with Crippen LogP contribution in [0.25, 0.3) is 11.4 Å². The van der Waals surface area contributed by atoms with Gasteiger partial charge in [0.2, 0.25) is 0 Å². The largest absolute Gasteiger partial charge is 0.310 e. The second kappa shape index (κ2) is 5.74. The van der Waals surface area contributed by atoms with Crippen molar-refractivity contribution in [3.05, 3.63) is 35.2 Å². The molecule has 0 N–H and O–H groups in total. The van der Waals surface area contributed by atoms with Gasteiger partial charge in [-0.3, -0.25) is 0 Å². The maximum atomic E-state index is 5.96. The van der Waals surface area contributed by atoms with Crippen LogP contribution in [0, 0.1) is 19.8 Å². The molecule has 0 radical (unpaired) electrons. The van der Waals surface area contributed by atoms with Crippen LogP contribution in [0.5, 0.6) is 0 Å². The summed E-state index contributed by atoms with van der Waals surface area (Å²) in [5, 5.41) is 8.54. The minimum absolute atomic E-state index is 0.393. The van der Waals surface area contributed by atoms with Crippen molar-refractivity contribution in [1.29, 1.82) is 0 Å². The first kappa shape index (κ1) is 14.1. The summed E-state index contributed by atoms with van der Waals surface area (Å²) in [5.41, 5.74) is 3.61. The van der Waals surface area contributed by atoms with Crippen LogP contribution in [0.1, 0.15) is 30.8 Å². The second-order valence-electron chi connectivity index (χ2n) is 5.40. The van der Waals surface area contributed by atoms with Crippen molar-refractivity contribution < 1.29 is 0 Å². The Labute approximate surface area is 119 Å². The molecule has 0 saturated carbocycles. The molecule has 0 saturated heterocycles. The first-order valence-corrected chi connectivity index (χ1v) is 7.12. The van der Waals surface area contributed by atoms with Crippen LogP contribution in [0.15, 0.2) is 18.2 Å². The van der Waals surface area contributed by atoms with Gasteiger partial charge >= 0.3 is 0 Å². The van der Waals surface area contributed by atoms with E-state index in [1.165, 1.54) is 11.1 Å². The molecule has 0 bridgehead atoms. The Kier molecular flexibility index (Phi) is 4.25. The quantitative estimate of drug-likeness (QED) is 0.792. The molecular formula is C15H20ClN3. The van der Waals surface area contributed by atoms with Gasteiger partial charge < -0.3 is 4.57 Å². The Balaban J connectivity index is 2.52. The summed E-state index contributed by atoms with van der Waals surface area (Å²) in [6, 6.07) is 6.39. The topological polar surface area (TPSA) is 30.7 Å². The number of rotatable bonds is 4. The van der Waals surface area contributed by atoms with Crippen LogP contribution in [0.3, 0.4) is 0 Å². The van der Waals surface area contributed by atoms with Gasteiger partial charge in [0.25, 0.3) is 0 Å². The van der Waals surface area contributed by atoms with Gasteiger partial charge in [-0.25, -0.2) is 0 Å². The molecule has 0 fully saturated rings. The van der Waals surface area contributed by atoms with Crippen LogP contribution in [0.2, 0.25) is 0 Å². The number of hydrogen-bond donors (Lipinski definition) is 0. The zero-order chi connectivity index (χ0) is 14.0. The number of alkyl halides is 1. The van der Waals surface area contributed by atoms with Crippen LogP contribution >= 0.6 is 11.6 Å². The van der Waals surface area contributed by atoms with Gasteiger partial charge in [-0.1, -0.05) is 37.6 Å². The fourth-order valence-electron chi connectivity index (χ4n) is 2.25. The predicted octanol–water partition coefficient (Wildman–Crippen LogP) is 3.96. The highest BCUT2D eigenvalue weighted by Crippen LogP contribution is 2.24. The van der Waals surface area contributed by atoms with Gasteiger partial charge in [-0.2, -0.15) is 0 Å². The molecule has 0 atom stereocenters. The van der Waals surface area contributed by atoms with Gasteiger partial charge in [0.15, 0.2) is 5.82 Å². The Morgan fingerprint density at radius 1 is 1.21 bits per heavy atom. The molecule has 0 aliphatic heterocycles. The van der Waals surface area contributed by atoms with Crippen molar-refractivity contribution in [2.45, 2.75) is 40.1 Å². The van der Waals surface area contributed by atoms with E-state index in [1.54, 1.807) is 0 Å². The molecule has 1 aromatic heterocycles. The van der Waals surface area contributed by atoms with Crippen LogP contribution in [-0.2, 0) is 12.4 Å². The van der Waals surface area contributed by atoms with E-state index in [-0.39, 0.29) is 0 Å². The molecule has 1 heterocycles. The Bertz CT molecular complexity index is 573. The SMILES string of the molecule is Cc1ccc(-c2nnc(CCl)n2CC(C)C)c(C)c1. The standard InChI is InChI=1S/C15H20ClN3/c1-10(2)9-19-14(8-16)17-18-15(19)13-6-5-11(3)7-12(13)4/h5-7,10H,8-9H2,1-4H3. The highest BCUT2D eigenvalue weighted by molar-refractivity contribution is 6.16. The molecule has 19 heavy (non-hydrogen) atoms. The van der Waals surface area contributed by atoms with Gasteiger partial charge in [-0.05, 0) is 25.3 Å². The minimum Gasteiger partial charge on any atom is -0.310 e. The number of benzene rings is 1. The van der Waals surface area contributed by atoms with E-state index >= 15 is 0 Å². The smallest absolute Gasteiger partial charge is 0.164 e. The molecule has 0 spiro atoms. The number of hydrogen-bond acceptors (Lipinski definition) is 2. The Hall–Kier alpha value is -1.35. The van der Waals surface area contributed by atoms with Crippen LogP contribution in [-0.4, -0.2) is 14.8 Å². The molecule has 2 rings (SSSR count). The number of nitrogens with zero attached hydrogens (tertiary/aromatic N) is 3. The van der Waals surface area contributed by atoms with Crippen molar-refractivity contribution in [2.24, 2.45) is 5.92 Å². The Morgan fingerprint density at radius 2 is 1.95 bits per heavy atom. The lowest BCUT2D eigenvalue weighted by molar-refractivity contribution is 0.515. The van der Waals surface area contributed by atoms with E-state index in [2.05, 4.69) is 60.7 Å². The van der Waals surface area contributed by atoms with Crippen molar-refractivity contribution in [3.8, 4) is 11.4 Å². The minimum atomic E-state index is 0.393. The molecule has 0 aliphatic carbocycles. The number of halogens is 1. The van der Waals surface area contributed by atoms with Crippen molar-refractivity contribution >= 4 is 11.6 Å². The molecule has 4 heteroatoms. The van der Waals surface area contributed by atoms with Crippen LogP contribution < -0.4 is 0 Å². The lowest BCUT2D eigenvalue weighted by Crippen LogP contribution is -2.09. The summed E-state index contributed by atoms with van der Waals surface area (Å²) in [6.07, 6.45) is 0. The van der Waals surface area contributed by atoms with E-state index in [1.807, 2.05) is 0 Å². The first-order valence-electron chi connectivity index (χ1n) is 6.58. The highest BCUT2D eigenvalue weighted by Gasteiger charge is 2.15. The van der Waals surface area contributed by atoms with Gasteiger partial charge in [0, 0.05) is 12.1 Å². The molecule has 2 aromatic rings. The monoisotopic (exact) mass is 277 g/mol. The van der Waals surface area contributed by atoms with Crippen molar-refractivity contribution in [1.82, 2.24) is 14.8 Å². The maximum Gasteiger partial charge on any atom is 0.164 e. The lowest BCUT2D eigenvalue weighted by atomic mass is 10.0. The molecule has 1 aromatic carbocycles. The summed E-state index contributed by atoms with van der Waals surface area (Å²) in [6.45, 7) is 9.46. The third-order valence-electron chi connectivity index (χ3n) is 3.12. The summed E-state index contributed by atoms with van der Waals surface area (Å²) in [5.74, 6) is 2.68. The van der Waals surface area contributed by atoms with Gasteiger partial charge in [-0.15, -0.1) is 21.8 Å². The predicted molar refractivity (Wildman–Crippen MR) is 79.3 cm³/mol.